The first kappa shape index (κ1) is 15.6. The Labute approximate surface area is 78.9 Å². The minimum atomic E-state index is -5.08. The molecule has 0 aliphatic carbocycles. The average Bonchev–Trinajstić information content (AvgIpc) is 1.83. The molecule has 0 aromatic rings. The zero-order valence-electron chi connectivity index (χ0n) is 8.02. The maximum Gasteiger partial charge on any atom is 0.490 e. The van der Waals surface area contributed by atoms with Gasteiger partial charge < -0.3 is 10.8 Å². The minimum absolute atomic E-state index is 0.368. The molecule has 0 aliphatic rings. The molecule has 0 fully saturated rings. The zero-order valence-corrected chi connectivity index (χ0v) is 8.02. The van der Waals surface area contributed by atoms with Crippen LogP contribution in [0.2, 0.25) is 0 Å². The van der Waals surface area contributed by atoms with Crippen LogP contribution >= 0.6 is 0 Å². The SMILES string of the molecule is CC(N)C(C)(C)F.O=C(O)C(F)(F)F. The Balaban J connectivity index is 0. The Hall–Kier alpha value is -0.850. The number of nitrogens with two attached hydrogens (primary N) is 1. The smallest absolute Gasteiger partial charge is 0.475 e. The van der Waals surface area contributed by atoms with E-state index in [-0.39, 0.29) is 6.04 Å². The van der Waals surface area contributed by atoms with E-state index in [9.17, 15) is 17.6 Å². The Morgan fingerprint density at radius 2 is 1.43 bits per heavy atom. The van der Waals surface area contributed by atoms with Crippen molar-refractivity contribution in [1.82, 2.24) is 0 Å². The highest BCUT2D eigenvalue weighted by Gasteiger charge is 2.38. The van der Waals surface area contributed by atoms with E-state index in [1.54, 1.807) is 6.92 Å². The topological polar surface area (TPSA) is 63.3 Å². The molecule has 1 atom stereocenters. The average molecular weight is 219 g/mol. The molecule has 0 spiro atoms. The van der Waals surface area contributed by atoms with E-state index in [1.165, 1.54) is 13.8 Å². The molecular weight excluding hydrogens is 206 g/mol. The lowest BCUT2D eigenvalue weighted by atomic mass is 10.0. The fourth-order valence-electron chi connectivity index (χ4n) is 0. The standard InChI is InChI=1S/C5H12FN.C2HF3O2/c1-4(7)5(2,3)6;3-2(4,5)1(6)7/h4H,7H2,1-3H3;(H,6,7). The summed E-state index contributed by atoms with van der Waals surface area (Å²) in [6.07, 6.45) is -5.08. The van der Waals surface area contributed by atoms with Crippen molar-refractivity contribution in [2.45, 2.75) is 38.7 Å². The lowest BCUT2D eigenvalue weighted by Crippen LogP contribution is -2.36. The molecule has 0 bridgehead atoms. The second-order valence-electron chi connectivity index (χ2n) is 3.16. The maximum absolute atomic E-state index is 12.4. The molecule has 0 rings (SSSR count). The number of aliphatic carboxylic acids is 1. The second-order valence-corrected chi connectivity index (χ2v) is 3.16. The molecular formula is C7H13F4NO2. The largest absolute Gasteiger partial charge is 0.490 e. The molecule has 0 aromatic carbocycles. The summed E-state index contributed by atoms with van der Waals surface area (Å²) < 4.78 is 44.1. The van der Waals surface area contributed by atoms with Crippen molar-refractivity contribution < 1.29 is 27.5 Å². The van der Waals surface area contributed by atoms with Crippen molar-refractivity contribution in [3.8, 4) is 0 Å². The normalized spacial score (nSPS) is 14.0. The van der Waals surface area contributed by atoms with Gasteiger partial charge in [-0.25, -0.2) is 9.18 Å². The van der Waals surface area contributed by atoms with E-state index >= 15 is 0 Å². The Kier molecular flexibility index (Phi) is 5.73. The number of rotatable bonds is 1. The lowest BCUT2D eigenvalue weighted by Gasteiger charge is -2.17. The van der Waals surface area contributed by atoms with Gasteiger partial charge in [-0.2, -0.15) is 13.2 Å². The van der Waals surface area contributed by atoms with Gasteiger partial charge in [0, 0.05) is 6.04 Å². The molecule has 14 heavy (non-hydrogen) atoms. The second kappa shape index (κ2) is 5.14. The van der Waals surface area contributed by atoms with Crippen molar-refractivity contribution in [2.75, 3.05) is 0 Å². The summed E-state index contributed by atoms with van der Waals surface area (Å²) in [5, 5.41) is 7.12. The van der Waals surface area contributed by atoms with Crippen LogP contribution in [0.25, 0.3) is 0 Å². The van der Waals surface area contributed by atoms with E-state index in [4.69, 9.17) is 15.6 Å². The van der Waals surface area contributed by atoms with Gasteiger partial charge in [-0.3, -0.25) is 0 Å². The van der Waals surface area contributed by atoms with Crippen molar-refractivity contribution in [3.05, 3.63) is 0 Å². The van der Waals surface area contributed by atoms with E-state index < -0.39 is 17.8 Å². The van der Waals surface area contributed by atoms with Crippen molar-refractivity contribution >= 4 is 5.97 Å². The predicted octanol–water partition coefficient (Wildman–Crippen LogP) is 1.72. The van der Waals surface area contributed by atoms with E-state index in [0.717, 1.165) is 0 Å². The van der Waals surface area contributed by atoms with Gasteiger partial charge in [-0.1, -0.05) is 0 Å². The van der Waals surface area contributed by atoms with Crippen molar-refractivity contribution in [3.63, 3.8) is 0 Å². The molecule has 0 amide bonds. The summed E-state index contributed by atoms with van der Waals surface area (Å²) in [7, 11) is 0. The molecule has 1 unspecified atom stereocenters. The molecule has 0 saturated heterocycles. The van der Waals surface area contributed by atoms with Crippen molar-refractivity contribution in [1.29, 1.82) is 0 Å². The van der Waals surface area contributed by atoms with Crippen LogP contribution < -0.4 is 5.73 Å². The van der Waals surface area contributed by atoms with Crippen LogP contribution in [-0.4, -0.2) is 29.0 Å². The van der Waals surface area contributed by atoms with Gasteiger partial charge >= 0.3 is 12.1 Å². The first-order chi connectivity index (χ1) is 5.89. The maximum atomic E-state index is 12.4. The highest BCUT2D eigenvalue weighted by Crippen LogP contribution is 2.13. The summed E-state index contributed by atoms with van der Waals surface area (Å²) >= 11 is 0. The van der Waals surface area contributed by atoms with E-state index in [0.29, 0.717) is 0 Å². The number of carbonyl (C=O) groups is 1. The van der Waals surface area contributed by atoms with Crippen LogP contribution in [0.4, 0.5) is 17.6 Å². The monoisotopic (exact) mass is 219 g/mol. The third-order valence-electron chi connectivity index (χ3n) is 1.33. The first-order valence-electron chi connectivity index (χ1n) is 3.63. The molecule has 0 aromatic heterocycles. The number of alkyl halides is 4. The summed E-state index contributed by atoms with van der Waals surface area (Å²) in [6, 6.07) is -0.368. The highest BCUT2D eigenvalue weighted by molar-refractivity contribution is 5.73. The Morgan fingerprint density at radius 1 is 1.29 bits per heavy atom. The van der Waals surface area contributed by atoms with E-state index in [1.807, 2.05) is 0 Å². The highest BCUT2D eigenvalue weighted by atomic mass is 19.4. The first-order valence-corrected chi connectivity index (χ1v) is 3.63. The lowest BCUT2D eigenvalue weighted by molar-refractivity contribution is -0.192. The molecule has 7 heteroatoms. The molecule has 86 valence electrons. The van der Waals surface area contributed by atoms with Crippen LogP contribution in [0.1, 0.15) is 20.8 Å². The van der Waals surface area contributed by atoms with Gasteiger partial charge in [0.2, 0.25) is 0 Å². The number of halogens is 4. The molecule has 0 radical (unpaired) electrons. The third kappa shape index (κ3) is 9.24. The van der Waals surface area contributed by atoms with Gasteiger partial charge in [-0.15, -0.1) is 0 Å². The van der Waals surface area contributed by atoms with Gasteiger partial charge in [0.1, 0.15) is 5.67 Å². The zero-order chi connectivity index (χ0) is 12.2. The predicted molar refractivity (Wildman–Crippen MR) is 42.5 cm³/mol. The van der Waals surface area contributed by atoms with Gasteiger partial charge in [0.25, 0.3) is 0 Å². The van der Waals surface area contributed by atoms with Crippen LogP contribution in [0.15, 0.2) is 0 Å². The fraction of sp³-hybridized carbons (Fsp3) is 0.857. The summed E-state index contributed by atoms with van der Waals surface area (Å²) in [6.45, 7) is 4.59. The molecule has 3 nitrogen and oxygen atoms in total. The number of hydrogen-bond acceptors (Lipinski definition) is 2. The Morgan fingerprint density at radius 3 is 1.43 bits per heavy atom. The van der Waals surface area contributed by atoms with Crippen LogP contribution in [0.5, 0.6) is 0 Å². The molecule has 0 saturated carbocycles. The van der Waals surface area contributed by atoms with Crippen LogP contribution in [0, 0.1) is 0 Å². The fourth-order valence-corrected chi connectivity index (χ4v) is 0. The third-order valence-corrected chi connectivity index (χ3v) is 1.33. The summed E-state index contributed by atoms with van der Waals surface area (Å²) in [5.41, 5.74) is 3.97. The van der Waals surface area contributed by atoms with E-state index in [2.05, 4.69) is 0 Å². The minimum Gasteiger partial charge on any atom is -0.475 e. The van der Waals surface area contributed by atoms with Gasteiger partial charge in [0.15, 0.2) is 0 Å². The molecule has 0 heterocycles. The molecule has 0 aliphatic heterocycles. The summed E-state index contributed by atoms with van der Waals surface area (Å²) in [5.74, 6) is -2.76. The van der Waals surface area contributed by atoms with Gasteiger partial charge in [0.05, 0.1) is 0 Å². The van der Waals surface area contributed by atoms with Crippen LogP contribution in [-0.2, 0) is 4.79 Å². The number of carboxylic acids is 1. The number of carboxylic acid groups (broad SMARTS) is 1. The quantitative estimate of drug-likeness (QED) is 0.660. The van der Waals surface area contributed by atoms with Gasteiger partial charge in [-0.05, 0) is 20.8 Å². The van der Waals surface area contributed by atoms with Crippen molar-refractivity contribution in [2.24, 2.45) is 5.73 Å². The van der Waals surface area contributed by atoms with Crippen LogP contribution in [0.3, 0.4) is 0 Å². The molecule has 3 N–H and O–H groups in total. The summed E-state index contributed by atoms with van der Waals surface area (Å²) in [4.78, 5) is 8.90. The number of hydrogen-bond donors (Lipinski definition) is 2. The Bertz CT molecular complexity index is 183.